The zero-order chi connectivity index (χ0) is 13.2. The summed E-state index contributed by atoms with van der Waals surface area (Å²) in [5.74, 6) is 2.41. The first kappa shape index (κ1) is 12.7. The molecule has 1 nitrogen and oxygen atoms in total. The molecule has 0 N–H and O–H groups in total. The summed E-state index contributed by atoms with van der Waals surface area (Å²) in [6.07, 6.45) is 2.67. The van der Waals surface area contributed by atoms with Gasteiger partial charge in [0, 0.05) is 9.75 Å². The first-order valence-corrected chi connectivity index (χ1v) is 7.87. The van der Waals surface area contributed by atoms with E-state index in [-0.39, 0.29) is 0 Å². The number of hydrogen-bond donors (Lipinski definition) is 0. The fraction of sp³-hybridized carbons (Fsp3) is 0.412. The molecule has 1 aliphatic carbocycles. The zero-order valence-corrected chi connectivity index (χ0v) is 12.4. The molecule has 0 amide bonds. The monoisotopic (exact) mass is 272 g/mol. The van der Waals surface area contributed by atoms with Crippen LogP contribution >= 0.6 is 11.3 Å². The molecule has 19 heavy (non-hydrogen) atoms. The normalized spacial score (nSPS) is 14.9. The van der Waals surface area contributed by atoms with E-state index >= 15 is 0 Å². The topological polar surface area (TPSA) is 9.23 Å². The number of hydrogen-bond acceptors (Lipinski definition) is 2. The smallest absolute Gasteiger partial charge is 0.119 e. The van der Waals surface area contributed by atoms with Crippen LogP contribution in [0, 0.1) is 5.92 Å². The highest BCUT2D eigenvalue weighted by Gasteiger charge is 2.21. The van der Waals surface area contributed by atoms with Gasteiger partial charge in [0.2, 0.25) is 0 Å². The Morgan fingerprint density at radius 3 is 2.74 bits per heavy atom. The van der Waals surface area contributed by atoms with Gasteiger partial charge in [-0.05, 0) is 54.5 Å². The highest BCUT2D eigenvalue weighted by molar-refractivity contribution is 7.15. The molecule has 100 valence electrons. The summed E-state index contributed by atoms with van der Waals surface area (Å²) in [5, 5.41) is 0. The van der Waals surface area contributed by atoms with Crippen LogP contribution in [-0.4, -0.2) is 6.61 Å². The van der Waals surface area contributed by atoms with E-state index in [2.05, 4.69) is 50.2 Å². The van der Waals surface area contributed by atoms with Gasteiger partial charge >= 0.3 is 0 Å². The van der Waals surface area contributed by atoms with Crippen molar-refractivity contribution in [2.45, 2.75) is 32.6 Å². The van der Waals surface area contributed by atoms with Crippen LogP contribution in [0.5, 0.6) is 5.75 Å². The second-order valence-corrected chi connectivity index (χ2v) is 6.75. The Bertz CT molecular complexity index is 552. The van der Waals surface area contributed by atoms with E-state index in [0.717, 1.165) is 18.3 Å². The third-order valence-corrected chi connectivity index (χ3v) is 4.93. The molecule has 1 aromatic heterocycles. The van der Waals surface area contributed by atoms with Gasteiger partial charge in [-0.3, -0.25) is 0 Å². The van der Waals surface area contributed by atoms with Crippen LogP contribution in [-0.2, 0) is 0 Å². The minimum atomic E-state index is 0.605. The Kier molecular flexibility index (Phi) is 3.61. The minimum Gasteiger partial charge on any atom is -0.493 e. The van der Waals surface area contributed by atoms with Crippen molar-refractivity contribution in [3.8, 4) is 16.2 Å². The molecule has 0 aliphatic heterocycles. The van der Waals surface area contributed by atoms with Crippen molar-refractivity contribution in [3.05, 3.63) is 41.3 Å². The molecule has 1 saturated carbocycles. The van der Waals surface area contributed by atoms with E-state index in [4.69, 9.17) is 4.74 Å². The number of ether oxygens (including phenoxy) is 1. The van der Waals surface area contributed by atoms with Crippen LogP contribution in [0.2, 0.25) is 0 Å². The fourth-order valence-corrected chi connectivity index (χ4v) is 3.06. The van der Waals surface area contributed by atoms with Gasteiger partial charge in [-0.1, -0.05) is 26.0 Å². The SMILES string of the molecule is CC(C)c1ccc(-c2cccc(OCC3CC3)c2)s1. The maximum atomic E-state index is 5.85. The predicted molar refractivity (Wildman–Crippen MR) is 82.1 cm³/mol. The average molecular weight is 272 g/mol. The Hall–Kier alpha value is -1.28. The van der Waals surface area contributed by atoms with Crippen molar-refractivity contribution in [3.63, 3.8) is 0 Å². The predicted octanol–water partition coefficient (Wildman–Crippen LogP) is 5.33. The molecule has 0 radical (unpaired) electrons. The second-order valence-electron chi connectivity index (χ2n) is 5.64. The summed E-state index contributed by atoms with van der Waals surface area (Å²) in [5.41, 5.74) is 1.27. The van der Waals surface area contributed by atoms with Crippen LogP contribution in [0.25, 0.3) is 10.4 Å². The van der Waals surface area contributed by atoms with E-state index < -0.39 is 0 Å². The number of rotatable bonds is 5. The lowest BCUT2D eigenvalue weighted by Gasteiger charge is -2.06. The molecule has 3 rings (SSSR count). The lowest BCUT2D eigenvalue weighted by atomic mass is 10.1. The Morgan fingerprint density at radius 1 is 1.21 bits per heavy atom. The maximum Gasteiger partial charge on any atom is 0.119 e. The van der Waals surface area contributed by atoms with Gasteiger partial charge in [0.1, 0.15) is 5.75 Å². The molecule has 1 fully saturated rings. The van der Waals surface area contributed by atoms with E-state index in [1.807, 2.05) is 11.3 Å². The molecule has 0 bridgehead atoms. The van der Waals surface area contributed by atoms with Crippen molar-refractivity contribution in [2.75, 3.05) is 6.61 Å². The molecule has 1 aromatic carbocycles. The summed E-state index contributed by atoms with van der Waals surface area (Å²) in [7, 11) is 0. The van der Waals surface area contributed by atoms with Crippen molar-refractivity contribution < 1.29 is 4.74 Å². The van der Waals surface area contributed by atoms with Gasteiger partial charge in [0.15, 0.2) is 0 Å². The van der Waals surface area contributed by atoms with Crippen molar-refractivity contribution in [1.29, 1.82) is 0 Å². The summed E-state index contributed by atoms with van der Waals surface area (Å²) in [6, 6.07) is 12.9. The van der Waals surface area contributed by atoms with E-state index in [9.17, 15) is 0 Å². The van der Waals surface area contributed by atoms with Crippen LogP contribution < -0.4 is 4.74 Å². The van der Waals surface area contributed by atoms with Gasteiger partial charge in [-0.2, -0.15) is 0 Å². The Balaban J connectivity index is 1.76. The quantitative estimate of drug-likeness (QED) is 0.715. The summed E-state index contributed by atoms with van der Waals surface area (Å²) < 4.78 is 5.85. The third-order valence-electron chi connectivity index (χ3n) is 3.50. The minimum absolute atomic E-state index is 0.605. The van der Waals surface area contributed by atoms with Gasteiger partial charge in [0.05, 0.1) is 6.61 Å². The second kappa shape index (κ2) is 5.38. The first-order chi connectivity index (χ1) is 9.22. The standard InChI is InChI=1S/C17H20OS/c1-12(2)16-8-9-17(19-16)14-4-3-5-15(10-14)18-11-13-6-7-13/h3-5,8-10,12-13H,6-7,11H2,1-2H3. The van der Waals surface area contributed by atoms with Crippen molar-refractivity contribution >= 4 is 11.3 Å². The molecule has 0 saturated heterocycles. The number of thiophene rings is 1. The Morgan fingerprint density at radius 2 is 2.05 bits per heavy atom. The van der Waals surface area contributed by atoms with E-state index in [0.29, 0.717) is 5.92 Å². The number of benzene rings is 1. The van der Waals surface area contributed by atoms with Crippen molar-refractivity contribution in [1.82, 2.24) is 0 Å². The van der Waals surface area contributed by atoms with Gasteiger partial charge in [-0.15, -0.1) is 11.3 Å². The lowest BCUT2D eigenvalue weighted by molar-refractivity contribution is 0.300. The Labute approximate surface area is 119 Å². The zero-order valence-electron chi connectivity index (χ0n) is 11.6. The van der Waals surface area contributed by atoms with Gasteiger partial charge in [0.25, 0.3) is 0 Å². The summed E-state index contributed by atoms with van der Waals surface area (Å²) in [4.78, 5) is 2.78. The van der Waals surface area contributed by atoms with Crippen LogP contribution in [0.15, 0.2) is 36.4 Å². The van der Waals surface area contributed by atoms with Crippen LogP contribution in [0.3, 0.4) is 0 Å². The molecule has 0 unspecified atom stereocenters. The summed E-state index contributed by atoms with van der Waals surface area (Å²) >= 11 is 1.88. The summed E-state index contributed by atoms with van der Waals surface area (Å²) in [6.45, 7) is 5.36. The first-order valence-electron chi connectivity index (χ1n) is 7.05. The third kappa shape index (κ3) is 3.19. The van der Waals surface area contributed by atoms with Gasteiger partial charge in [-0.25, -0.2) is 0 Å². The average Bonchev–Trinajstić information content (AvgIpc) is 3.10. The molecule has 0 spiro atoms. The molecule has 2 heteroatoms. The molecule has 2 aromatic rings. The van der Waals surface area contributed by atoms with Crippen LogP contribution in [0.4, 0.5) is 0 Å². The molecular formula is C17H20OS. The maximum absolute atomic E-state index is 5.85. The van der Waals surface area contributed by atoms with E-state index in [1.165, 1.54) is 28.2 Å². The lowest BCUT2D eigenvalue weighted by Crippen LogP contribution is -1.98. The highest BCUT2D eigenvalue weighted by atomic mass is 32.1. The van der Waals surface area contributed by atoms with Gasteiger partial charge < -0.3 is 4.74 Å². The molecular weight excluding hydrogens is 252 g/mol. The molecule has 0 atom stereocenters. The van der Waals surface area contributed by atoms with Crippen molar-refractivity contribution in [2.24, 2.45) is 5.92 Å². The fourth-order valence-electron chi connectivity index (χ4n) is 2.06. The largest absolute Gasteiger partial charge is 0.493 e. The molecule has 1 aliphatic rings. The highest BCUT2D eigenvalue weighted by Crippen LogP contribution is 2.34. The molecule has 1 heterocycles. The van der Waals surface area contributed by atoms with E-state index in [1.54, 1.807) is 0 Å². The van der Waals surface area contributed by atoms with Crippen LogP contribution in [0.1, 0.15) is 37.5 Å².